The van der Waals surface area contributed by atoms with E-state index in [9.17, 15) is 4.79 Å². The Morgan fingerprint density at radius 3 is 2.62 bits per heavy atom. The number of nitrogens with two attached hydrogens (primary N) is 1. The molecule has 1 aliphatic rings. The van der Waals surface area contributed by atoms with Crippen molar-refractivity contribution in [1.29, 1.82) is 0 Å². The summed E-state index contributed by atoms with van der Waals surface area (Å²) in [5.74, 6) is 0.231. The fourth-order valence-electron chi connectivity index (χ4n) is 2.53. The predicted molar refractivity (Wildman–Crippen MR) is 87.3 cm³/mol. The summed E-state index contributed by atoms with van der Waals surface area (Å²) >= 11 is 1.67. The van der Waals surface area contributed by atoms with Crippen LogP contribution in [0.4, 0.5) is 11.4 Å². The topological polar surface area (TPSA) is 58.4 Å². The van der Waals surface area contributed by atoms with Crippen molar-refractivity contribution in [2.75, 3.05) is 17.2 Å². The number of rotatable bonds is 5. The molecule has 0 spiro atoms. The van der Waals surface area contributed by atoms with Gasteiger partial charge in [0, 0.05) is 42.3 Å². The van der Waals surface area contributed by atoms with Crippen LogP contribution in [-0.2, 0) is 17.9 Å². The Balaban J connectivity index is 1.55. The highest BCUT2D eigenvalue weighted by Crippen LogP contribution is 2.22. The number of hydrogen-bond donors (Lipinski definition) is 2. The summed E-state index contributed by atoms with van der Waals surface area (Å²) in [4.78, 5) is 14.7. The Kier molecular flexibility index (Phi) is 4.22. The Hall–Kier alpha value is -1.85. The molecule has 3 N–H and O–H groups in total. The minimum Gasteiger partial charge on any atom is -0.398 e. The SMILES string of the molecule is Nc1ccsc1CNCc1ccc(N2CCCC2=O)cc1. The van der Waals surface area contributed by atoms with Gasteiger partial charge in [-0.2, -0.15) is 0 Å². The van der Waals surface area contributed by atoms with Crippen molar-refractivity contribution in [2.45, 2.75) is 25.9 Å². The van der Waals surface area contributed by atoms with E-state index in [2.05, 4.69) is 17.4 Å². The largest absolute Gasteiger partial charge is 0.398 e. The molecule has 1 aliphatic heterocycles. The Morgan fingerprint density at radius 2 is 2.00 bits per heavy atom. The van der Waals surface area contributed by atoms with Crippen molar-refractivity contribution < 1.29 is 4.79 Å². The van der Waals surface area contributed by atoms with Crippen LogP contribution in [0.1, 0.15) is 23.3 Å². The number of carbonyl (C=O) groups excluding carboxylic acids is 1. The zero-order chi connectivity index (χ0) is 14.7. The standard InChI is InChI=1S/C16H19N3OS/c17-14-7-9-21-15(14)11-18-10-12-3-5-13(6-4-12)19-8-1-2-16(19)20/h3-7,9,18H,1-2,8,10-11,17H2. The van der Waals surface area contributed by atoms with Crippen LogP contribution in [0.3, 0.4) is 0 Å². The van der Waals surface area contributed by atoms with Gasteiger partial charge in [-0.05, 0) is 35.6 Å². The first-order valence-electron chi connectivity index (χ1n) is 7.16. The summed E-state index contributed by atoms with van der Waals surface area (Å²) in [6.07, 6.45) is 1.63. The van der Waals surface area contributed by atoms with Gasteiger partial charge in [0.1, 0.15) is 0 Å². The number of benzene rings is 1. The summed E-state index contributed by atoms with van der Waals surface area (Å²) in [5, 5.41) is 5.40. The molecule has 2 aromatic rings. The summed E-state index contributed by atoms with van der Waals surface area (Å²) in [5.41, 5.74) is 8.92. The van der Waals surface area contributed by atoms with Gasteiger partial charge >= 0.3 is 0 Å². The summed E-state index contributed by atoms with van der Waals surface area (Å²) in [6.45, 7) is 2.43. The second-order valence-electron chi connectivity index (χ2n) is 5.22. The number of thiophene rings is 1. The lowest BCUT2D eigenvalue weighted by molar-refractivity contribution is -0.117. The van der Waals surface area contributed by atoms with Crippen molar-refractivity contribution in [3.05, 3.63) is 46.2 Å². The highest BCUT2D eigenvalue weighted by molar-refractivity contribution is 7.10. The predicted octanol–water partition coefficient (Wildman–Crippen LogP) is 2.75. The molecule has 1 aromatic carbocycles. The Labute approximate surface area is 128 Å². The fraction of sp³-hybridized carbons (Fsp3) is 0.312. The van der Waals surface area contributed by atoms with E-state index >= 15 is 0 Å². The van der Waals surface area contributed by atoms with E-state index in [1.165, 1.54) is 10.4 Å². The molecule has 0 atom stereocenters. The van der Waals surface area contributed by atoms with Crippen molar-refractivity contribution >= 4 is 28.6 Å². The smallest absolute Gasteiger partial charge is 0.227 e. The monoisotopic (exact) mass is 301 g/mol. The quantitative estimate of drug-likeness (QED) is 0.893. The van der Waals surface area contributed by atoms with E-state index < -0.39 is 0 Å². The first kappa shape index (κ1) is 14.1. The second kappa shape index (κ2) is 6.28. The Morgan fingerprint density at radius 1 is 1.19 bits per heavy atom. The molecule has 0 aliphatic carbocycles. The van der Waals surface area contributed by atoms with Crippen LogP contribution in [0.2, 0.25) is 0 Å². The van der Waals surface area contributed by atoms with Crippen molar-refractivity contribution in [2.24, 2.45) is 0 Å². The van der Waals surface area contributed by atoms with Crippen LogP contribution in [0.5, 0.6) is 0 Å². The number of amides is 1. The lowest BCUT2D eigenvalue weighted by Gasteiger charge is -2.16. The minimum absolute atomic E-state index is 0.231. The molecule has 1 saturated heterocycles. The molecule has 5 heteroatoms. The van der Waals surface area contributed by atoms with E-state index in [1.54, 1.807) is 11.3 Å². The average molecular weight is 301 g/mol. The van der Waals surface area contributed by atoms with E-state index in [0.29, 0.717) is 6.42 Å². The molecule has 0 radical (unpaired) electrons. The van der Waals surface area contributed by atoms with Gasteiger partial charge in [-0.15, -0.1) is 11.3 Å². The third-order valence-corrected chi connectivity index (χ3v) is 4.65. The van der Waals surface area contributed by atoms with Gasteiger partial charge in [-0.3, -0.25) is 4.79 Å². The molecule has 0 bridgehead atoms. The minimum atomic E-state index is 0.231. The van der Waals surface area contributed by atoms with Crippen LogP contribution in [-0.4, -0.2) is 12.5 Å². The number of anilines is 2. The third-order valence-electron chi connectivity index (χ3n) is 3.72. The van der Waals surface area contributed by atoms with Gasteiger partial charge in [-0.1, -0.05) is 12.1 Å². The molecule has 1 aromatic heterocycles. The van der Waals surface area contributed by atoms with E-state index in [0.717, 1.165) is 37.4 Å². The first-order chi connectivity index (χ1) is 10.2. The molecular formula is C16H19N3OS. The van der Waals surface area contributed by atoms with Crippen molar-refractivity contribution in [3.8, 4) is 0 Å². The fourth-order valence-corrected chi connectivity index (χ4v) is 3.30. The van der Waals surface area contributed by atoms with Gasteiger partial charge in [0.2, 0.25) is 5.91 Å². The molecule has 3 rings (SSSR count). The van der Waals surface area contributed by atoms with Gasteiger partial charge < -0.3 is 16.0 Å². The summed E-state index contributed by atoms with van der Waals surface area (Å²) in [6, 6.07) is 10.1. The zero-order valence-corrected chi connectivity index (χ0v) is 12.7. The second-order valence-corrected chi connectivity index (χ2v) is 6.22. The van der Waals surface area contributed by atoms with E-state index in [1.807, 2.05) is 28.5 Å². The number of nitrogens with zero attached hydrogens (tertiary/aromatic N) is 1. The number of carbonyl (C=O) groups is 1. The average Bonchev–Trinajstić information content (AvgIpc) is 3.09. The molecular weight excluding hydrogens is 282 g/mol. The van der Waals surface area contributed by atoms with E-state index in [-0.39, 0.29) is 5.91 Å². The summed E-state index contributed by atoms with van der Waals surface area (Å²) < 4.78 is 0. The normalized spacial score (nSPS) is 14.9. The first-order valence-corrected chi connectivity index (χ1v) is 8.04. The van der Waals surface area contributed by atoms with Gasteiger partial charge in [0.05, 0.1) is 0 Å². The third kappa shape index (κ3) is 3.25. The van der Waals surface area contributed by atoms with Crippen molar-refractivity contribution in [1.82, 2.24) is 5.32 Å². The maximum Gasteiger partial charge on any atom is 0.227 e. The van der Waals surface area contributed by atoms with Crippen molar-refractivity contribution in [3.63, 3.8) is 0 Å². The van der Waals surface area contributed by atoms with E-state index in [4.69, 9.17) is 5.73 Å². The molecule has 0 unspecified atom stereocenters. The van der Waals surface area contributed by atoms with Crippen LogP contribution in [0.25, 0.3) is 0 Å². The van der Waals surface area contributed by atoms with Crippen LogP contribution >= 0.6 is 11.3 Å². The number of hydrogen-bond acceptors (Lipinski definition) is 4. The van der Waals surface area contributed by atoms with Crippen LogP contribution in [0, 0.1) is 0 Å². The molecule has 1 amide bonds. The molecule has 2 heterocycles. The molecule has 1 fully saturated rings. The maximum atomic E-state index is 11.7. The zero-order valence-electron chi connectivity index (χ0n) is 11.8. The number of nitrogen functional groups attached to an aromatic ring is 1. The molecule has 4 nitrogen and oxygen atoms in total. The van der Waals surface area contributed by atoms with Gasteiger partial charge in [0.15, 0.2) is 0 Å². The lowest BCUT2D eigenvalue weighted by Crippen LogP contribution is -2.23. The van der Waals surface area contributed by atoms with Crippen LogP contribution < -0.4 is 16.0 Å². The highest BCUT2D eigenvalue weighted by atomic mass is 32.1. The van der Waals surface area contributed by atoms with Crippen LogP contribution in [0.15, 0.2) is 35.7 Å². The molecule has 110 valence electrons. The van der Waals surface area contributed by atoms with Gasteiger partial charge in [0.25, 0.3) is 0 Å². The number of nitrogens with one attached hydrogen (secondary N) is 1. The molecule has 0 saturated carbocycles. The molecule has 21 heavy (non-hydrogen) atoms. The maximum absolute atomic E-state index is 11.7. The summed E-state index contributed by atoms with van der Waals surface area (Å²) in [7, 11) is 0. The van der Waals surface area contributed by atoms with Gasteiger partial charge in [-0.25, -0.2) is 0 Å². The highest BCUT2D eigenvalue weighted by Gasteiger charge is 2.21. The lowest BCUT2D eigenvalue weighted by atomic mass is 10.2. The Bertz CT molecular complexity index is 621.